The molecule has 1 amide bonds. The Labute approximate surface area is 158 Å². The van der Waals surface area contributed by atoms with Gasteiger partial charge in [0.25, 0.3) is 0 Å². The normalized spacial score (nSPS) is 17.0. The first-order valence-electron chi connectivity index (χ1n) is 11.4. The summed E-state index contributed by atoms with van der Waals surface area (Å²) in [5, 5.41) is 0. The van der Waals surface area contributed by atoms with Gasteiger partial charge >= 0.3 is 0 Å². The molecule has 0 N–H and O–H groups in total. The number of likely N-dealkylation sites (tertiary alicyclic amines) is 1. The van der Waals surface area contributed by atoms with Crippen molar-refractivity contribution in [3.63, 3.8) is 0 Å². The van der Waals surface area contributed by atoms with Gasteiger partial charge in [0.15, 0.2) is 0 Å². The summed E-state index contributed by atoms with van der Waals surface area (Å²) in [4.78, 5) is 14.4. The molecule has 1 atom stereocenters. The maximum Gasteiger partial charge on any atom is 0.222 e. The highest BCUT2D eigenvalue weighted by Gasteiger charge is 2.22. The molecule has 0 aliphatic carbocycles. The number of rotatable bonds is 14. The molecule has 0 bridgehead atoms. The molecule has 1 rings (SSSR count). The van der Waals surface area contributed by atoms with E-state index in [1.54, 1.807) is 0 Å². The van der Waals surface area contributed by atoms with Crippen LogP contribution in [0.5, 0.6) is 0 Å². The average molecular weight is 352 g/mol. The average Bonchev–Trinajstić information content (AvgIpc) is 2.63. The fraction of sp³-hybridized carbons (Fsp3) is 0.957. The first kappa shape index (κ1) is 22.5. The fourth-order valence-electron chi connectivity index (χ4n) is 4.13. The van der Waals surface area contributed by atoms with Gasteiger partial charge in [0.1, 0.15) is 0 Å². The fourth-order valence-corrected chi connectivity index (χ4v) is 4.13. The third-order valence-electron chi connectivity index (χ3n) is 6.07. The number of carbonyl (C=O) groups is 1. The van der Waals surface area contributed by atoms with Crippen molar-refractivity contribution in [3.05, 3.63) is 0 Å². The van der Waals surface area contributed by atoms with Gasteiger partial charge in [0.2, 0.25) is 5.91 Å². The summed E-state index contributed by atoms with van der Waals surface area (Å²) in [6, 6.07) is 0. The van der Waals surface area contributed by atoms with Gasteiger partial charge in [0, 0.05) is 19.5 Å². The number of nitrogens with zero attached hydrogens (tertiary/aromatic N) is 1. The van der Waals surface area contributed by atoms with Crippen molar-refractivity contribution in [2.45, 2.75) is 117 Å². The van der Waals surface area contributed by atoms with E-state index in [9.17, 15) is 4.79 Å². The molecule has 0 spiro atoms. The molecule has 2 nitrogen and oxygen atoms in total. The zero-order valence-electron chi connectivity index (χ0n) is 17.5. The zero-order valence-corrected chi connectivity index (χ0v) is 17.5. The van der Waals surface area contributed by atoms with Gasteiger partial charge in [-0.1, -0.05) is 91.4 Å². The number of carbonyl (C=O) groups excluding carboxylic acids is 1. The Balaban J connectivity index is 2.02. The summed E-state index contributed by atoms with van der Waals surface area (Å²) >= 11 is 0. The molecule has 0 saturated carbocycles. The Hall–Kier alpha value is -0.530. The Morgan fingerprint density at radius 2 is 1.52 bits per heavy atom. The zero-order chi connectivity index (χ0) is 18.3. The quantitative estimate of drug-likeness (QED) is 0.309. The minimum Gasteiger partial charge on any atom is -0.343 e. The van der Waals surface area contributed by atoms with Crippen LogP contribution in [0.4, 0.5) is 0 Å². The van der Waals surface area contributed by atoms with Gasteiger partial charge in [0.05, 0.1) is 0 Å². The maximum absolute atomic E-state index is 12.3. The van der Waals surface area contributed by atoms with Gasteiger partial charge in [-0.25, -0.2) is 0 Å². The molecule has 0 aromatic rings. The highest BCUT2D eigenvalue weighted by molar-refractivity contribution is 5.76. The van der Waals surface area contributed by atoms with E-state index in [1.807, 2.05) is 0 Å². The highest BCUT2D eigenvalue weighted by Crippen LogP contribution is 2.25. The molecular weight excluding hydrogens is 306 g/mol. The summed E-state index contributed by atoms with van der Waals surface area (Å²) in [6.07, 6.45) is 19.2. The monoisotopic (exact) mass is 351 g/mol. The van der Waals surface area contributed by atoms with Gasteiger partial charge in [-0.2, -0.15) is 0 Å². The van der Waals surface area contributed by atoms with Crippen LogP contribution < -0.4 is 0 Å². The molecule has 1 aliphatic rings. The Bertz CT molecular complexity index is 320. The second-order valence-electron chi connectivity index (χ2n) is 8.52. The van der Waals surface area contributed by atoms with Gasteiger partial charge in [-0.05, 0) is 31.1 Å². The van der Waals surface area contributed by atoms with Crippen LogP contribution >= 0.6 is 0 Å². The molecular formula is C23H45NO. The van der Waals surface area contributed by atoms with E-state index in [2.05, 4.69) is 25.7 Å². The molecule has 0 aromatic heterocycles. The van der Waals surface area contributed by atoms with Gasteiger partial charge in [-0.3, -0.25) is 4.79 Å². The minimum absolute atomic E-state index is 0.416. The van der Waals surface area contributed by atoms with E-state index in [4.69, 9.17) is 0 Å². The van der Waals surface area contributed by atoms with Crippen LogP contribution in [0.3, 0.4) is 0 Å². The summed E-state index contributed by atoms with van der Waals surface area (Å²) in [5.74, 6) is 2.20. The second kappa shape index (κ2) is 14.6. The number of amides is 1. The molecule has 25 heavy (non-hydrogen) atoms. The Kier molecular flexibility index (Phi) is 13.2. The smallest absolute Gasteiger partial charge is 0.222 e. The molecule has 1 fully saturated rings. The van der Waals surface area contributed by atoms with Crippen molar-refractivity contribution in [2.24, 2.45) is 11.8 Å². The van der Waals surface area contributed by atoms with E-state index < -0.39 is 0 Å². The van der Waals surface area contributed by atoms with E-state index in [0.717, 1.165) is 37.8 Å². The van der Waals surface area contributed by atoms with Crippen LogP contribution in [-0.4, -0.2) is 23.9 Å². The highest BCUT2D eigenvalue weighted by atomic mass is 16.2. The van der Waals surface area contributed by atoms with Crippen molar-refractivity contribution in [2.75, 3.05) is 13.1 Å². The topological polar surface area (TPSA) is 20.3 Å². The molecule has 1 heterocycles. The van der Waals surface area contributed by atoms with Crippen LogP contribution in [0.1, 0.15) is 117 Å². The van der Waals surface area contributed by atoms with Gasteiger partial charge in [-0.15, -0.1) is 0 Å². The van der Waals surface area contributed by atoms with E-state index in [1.165, 1.54) is 83.5 Å². The van der Waals surface area contributed by atoms with Crippen molar-refractivity contribution in [3.8, 4) is 0 Å². The number of hydrogen-bond donors (Lipinski definition) is 0. The van der Waals surface area contributed by atoms with Crippen molar-refractivity contribution >= 4 is 5.91 Å². The lowest BCUT2D eigenvalue weighted by Crippen LogP contribution is -2.38. The molecule has 1 saturated heterocycles. The number of hydrogen-bond acceptors (Lipinski definition) is 1. The standard InChI is InChI=1S/C23H45NO/c1-4-6-8-9-10-16-23(25)24-19-17-22(18-20-24)15-12-11-14-21(3)13-7-5-2/h21-22H,4-20H2,1-3H3. The van der Waals surface area contributed by atoms with Crippen molar-refractivity contribution < 1.29 is 4.79 Å². The van der Waals surface area contributed by atoms with Crippen LogP contribution in [0, 0.1) is 11.8 Å². The number of piperidine rings is 1. The summed E-state index contributed by atoms with van der Waals surface area (Å²) in [7, 11) is 0. The van der Waals surface area contributed by atoms with Crippen LogP contribution in [0.25, 0.3) is 0 Å². The minimum atomic E-state index is 0.416. The molecule has 1 aliphatic heterocycles. The lowest BCUT2D eigenvalue weighted by Gasteiger charge is -2.32. The first-order chi connectivity index (χ1) is 12.2. The van der Waals surface area contributed by atoms with Crippen LogP contribution in [0.2, 0.25) is 0 Å². The summed E-state index contributed by atoms with van der Waals surface area (Å²) in [5.41, 5.74) is 0. The molecule has 0 radical (unpaired) electrons. The van der Waals surface area contributed by atoms with Crippen molar-refractivity contribution in [1.29, 1.82) is 0 Å². The predicted octanol–water partition coefficient (Wildman–Crippen LogP) is 6.97. The Morgan fingerprint density at radius 3 is 2.20 bits per heavy atom. The summed E-state index contributed by atoms with van der Waals surface area (Å²) < 4.78 is 0. The molecule has 2 heteroatoms. The van der Waals surface area contributed by atoms with Crippen LogP contribution in [-0.2, 0) is 4.79 Å². The number of unbranched alkanes of at least 4 members (excludes halogenated alkanes) is 6. The lowest BCUT2D eigenvalue weighted by molar-refractivity contribution is -0.132. The molecule has 0 aromatic carbocycles. The van der Waals surface area contributed by atoms with E-state index in [0.29, 0.717) is 5.91 Å². The third-order valence-corrected chi connectivity index (χ3v) is 6.07. The van der Waals surface area contributed by atoms with Crippen LogP contribution in [0.15, 0.2) is 0 Å². The lowest BCUT2D eigenvalue weighted by atomic mass is 9.89. The summed E-state index contributed by atoms with van der Waals surface area (Å²) in [6.45, 7) is 8.98. The largest absolute Gasteiger partial charge is 0.343 e. The molecule has 148 valence electrons. The predicted molar refractivity (Wildman–Crippen MR) is 110 cm³/mol. The van der Waals surface area contributed by atoms with Crippen molar-refractivity contribution in [1.82, 2.24) is 4.90 Å². The van der Waals surface area contributed by atoms with E-state index in [-0.39, 0.29) is 0 Å². The second-order valence-corrected chi connectivity index (χ2v) is 8.52. The molecule has 1 unspecified atom stereocenters. The van der Waals surface area contributed by atoms with Gasteiger partial charge < -0.3 is 4.90 Å². The third kappa shape index (κ3) is 10.9. The van der Waals surface area contributed by atoms with E-state index >= 15 is 0 Å². The Morgan fingerprint density at radius 1 is 0.880 bits per heavy atom. The first-order valence-corrected chi connectivity index (χ1v) is 11.4. The maximum atomic E-state index is 12.3. The SMILES string of the molecule is CCCCCCCC(=O)N1CCC(CCCCC(C)CCCC)CC1.